The zero-order valence-electron chi connectivity index (χ0n) is 12.0. The van der Waals surface area contributed by atoms with Gasteiger partial charge < -0.3 is 5.11 Å². The van der Waals surface area contributed by atoms with E-state index >= 15 is 0 Å². The first kappa shape index (κ1) is 12.2. The molecule has 4 fully saturated rings. The fourth-order valence-electron chi connectivity index (χ4n) is 6.00. The van der Waals surface area contributed by atoms with Crippen LogP contribution >= 0.6 is 11.3 Å². The fraction of sp³-hybridized carbons (Fsp3) is 0.824. The Bertz CT molecular complexity index is 514. The van der Waals surface area contributed by atoms with Gasteiger partial charge in [0.1, 0.15) is 0 Å². The lowest BCUT2D eigenvalue weighted by Crippen LogP contribution is -2.48. The smallest absolute Gasteiger partial charge is 0.0994 e. The lowest BCUT2D eigenvalue weighted by atomic mass is 9.50. The summed E-state index contributed by atoms with van der Waals surface area (Å²) in [7, 11) is 0. The number of rotatable bonds is 1. The maximum absolute atomic E-state index is 10.2. The molecule has 1 atom stereocenters. The highest BCUT2D eigenvalue weighted by Crippen LogP contribution is 2.61. The standard InChI is InChI=1S/C17H23NOS/c19-13-2-1-3-14-15(13)18-16(20-14)17-7-10-4-11(8-17)6-12(5-10)9-17/h10-13,19H,1-9H2. The van der Waals surface area contributed by atoms with Gasteiger partial charge in [-0.2, -0.15) is 0 Å². The first-order valence-electron chi connectivity index (χ1n) is 8.40. The largest absolute Gasteiger partial charge is 0.387 e. The summed E-state index contributed by atoms with van der Waals surface area (Å²) in [6.45, 7) is 0. The Morgan fingerprint density at radius 1 is 1.05 bits per heavy atom. The molecule has 0 saturated heterocycles. The molecule has 5 aliphatic rings. The third-order valence-corrected chi connectivity index (χ3v) is 7.79. The van der Waals surface area contributed by atoms with Crippen molar-refractivity contribution in [1.82, 2.24) is 4.98 Å². The molecular weight excluding hydrogens is 266 g/mol. The Hall–Kier alpha value is -0.410. The van der Waals surface area contributed by atoms with E-state index in [0.29, 0.717) is 5.41 Å². The molecule has 1 heterocycles. The van der Waals surface area contributed by atoms with Crippen molar-refractivity contribution < 1.29 is 5.11 Å². The molecule has 0 radical (unpaired) electrons. The zero-order chi connectivity index (χ0) is 13.3. The van der Waals surface area contributed by atoms with Gasteiger partial charge in [0.05, 0.1) is 16.8 Å². The lowest BCUT2D eigenvalue weighted by Gasteiger charge is -2.56. The average molecular weight is 289 g/mol. The number of hydrogen-bond donors (Lipinski definition) is 1. The maximum atomic E-state index is 10.2. The molecule has 20 heavy (non-hydrogen) atoms. The number of thiazole rings is 1. The molecule has 1 aromatic heterocycles. The first-order valence-corrected chi connectivity index (χ1v) is 9.22. The van der Waals surface area contributed by atoms with Crippen LogP contribution in [0.3, 0.4) is 0 Å². The van der Waals surface area contributed by atoms with Crippen molar-refractivity contribution in [2.24, 2.45) is 17.8 Å². The fourth-order valence-corrected chi connectivity index (χ4v) is 7.37. The topological polar surface area (TPSA) is 33.1 Å². The van der Waals surface area contributed by atoms with E-state index in [2.05, 4.69) is 0 Å². The van der Waals surface area contributed by atoms with Gasteiger partial charge in [0.2, 0.25) is 0 Å². The highest BCUT2D eigenvalue weighted by molar-refractivity contribution is 7.12. The van der Waals surface area contributed by atoms with Crippen LogP contribution < -0.4 is 0 Å². The van der Waals surface area contributed by atoms with E-state index in [1.807, 2.05) is 11.3 Å². The Balaban J connectivity index is 1.56. The first-order chi connectivity index (χ1) is 9.72. The van der Waals surface area contributed by atoms with Crippen molar-refractivity contribution in [3.05, 3.63) is 15.6 Å². The minimum atomic E-state index is -0.280. The molecule has 2 nitrogen and oxygen atoms in total. The van der Waals surface area contributed by atoms with Crippen molar-refractivity contribution in [2.45, 2.75) is 69.3 Å². The van der Waals surface area contributed by atoms with E-state index in [9.17, 15) is 5.11 Å². The van der Waals surface area contributed by atoms with Gasteiger partial charge >= 0.3 is 0 Å². The third kappa shape index (κ3) is 1.62. The van der Waals surface area contributed by atoms with Gasteiger partial charge in [-0.1, -0.05) is 0 Å². The number of nitrogens with zero attached hydrogens (tertiary/aromatic N) is 1. The van der Waals surface area contributed by atoms with Crippen molar-refractivity contribution in [3.63, 3.8) is 0 Å². The van der Waals surface area contributed by atoms with Crippen molar-refractivity contribution in [1.29, 1.82) is 0 Å². The summed E-state index contributed by atoms with van der Waals surface area (Å²) in [4.78, 5) is 6.39. The van der Waals surface area contributed by atoms with Crippen LogP contribution in [0, 0.1) is 17.8 Å². The molecule has 5 aliphatic carbocycles. The molecule has 0 spiro atoms. The molecule has 4 bridgehead atoms. The average Bonchev–Trinajstić information content (AvgIpc) is 2.83. The van der Waals surface area contributed by atoms with Gasteiger partial charge in [-0.15, -0.1) is 11.3 Å². The molecule has 6 rings (SSSR count). The number of aliphatic hydroxyl groups excluding tert-OH is 1. The minimum absolute atomic E-state index is 0.280. The molecule has 0 aliphatic heterocycles. The van der Waals surface area contributed by atoms with E-state index in [0.717, 1.165) is 42.7 Å². The molecule has 4 saturated carbocycles. The molecule has 3 heteroatoms. The molecular formula is C17H23NOS. The summed E-state index contributed by atoms with van der Waals surface area (Å²) in [5.41, 5.74) is 1.46. The van der Waals surface area contributed by atoms with Gasteiger partial charge in [0.25, 0.3) is 0 Å². The Kier molecular flexibility index (Phi) is 2.48. The second-order valence-electron chi connectivity index (χ2n) is 7.93. The van der Waals surface area contributed by atoms with Crippen LogP contribution in [0.15, 0.2) is 0 Å². The monoisotopic (exact) mass is 289 g/mol. The molecule has 0 amide bonds. The second kappa shape index (κ2) is 4.07. The molecule has 0 aromatic carbocycles. The summed E-state index contributed by atoms with van der Waals surface area (Å²) in [5.74, 6) is 2.94. The predicted octanol–water partition coefficient (Wildman–Crippen LogP) is 3.98. The van der Waals surface area contributed by atoms with E-state index in [-0.39, 0.29) is 6.10 Å². The Morgan fingerprint density at radius 2 is 1.70 bits per heavy atom. The van der Waals surface area contributed by atoms with Crippen molar-refractivity contribution >= 4 is 11.3 Å². The quantitative estimate of drug-likeness (QED) is 0.848. The number of aromatic nitrogens is 1. The van der Waals surface area contributed by atoms with Crippen molar-refractivity contribution in [2.75, 3.05) is 0 Å². The minimum Gasteiger partial charge on any atom is -0.387 e. The SMILES string of the molecule is OC1CCCc2sc(C34CC5CC(CC(C5)C3)C4)nc21. The van der Waals surface area contributed by atoms with Crippen LogP contribution in [0.25, 0.3) is 0 Å². The van der Waals surface area contributed by atoms with Gasteiger partial charge in [0, 0.05) is 10.3 Å². The Morgan fingerprint density at radius 3 is 2.30 bits per heavy atom. The number of aliphatic hydroxyl groups is 1. The van der Waals surface area contributed by atoms with Gasteiger partial charge in [-0.3, -0.25) is 0 Å². The zero-order valence-corrected chi connectivity index (χ0v) is 12.8. The van der Waals surface area contributed by atoms with E-state index < -0.39 is 0 Å². The predicted molar refractivity (Wildman–Crippen MR) is 79.9 cm³/mol. The van der Waals surface area contributed by atoms with E-state index in [1.165, 1.54) is 48.4 Å². The lowest BCUT2D eigenvalue weighted by molar-refractivity contribution is -0.00548. The van der Waals surface area contributed by atoms with Crippen LogP contribution in [0.2, 0.25) is 0 Å². The number of hydrogen-bond acceptors (Lipinski definition) is 3. The summed E-state index contributed by atoms with van der Waals surface area (Å²) in [5, 5.41) is 11.6. The molecule has 1 aromatic rings. The Labute approximate surface area is 124 Å². The summed E-state index contributed by atoms with van der Waals surface area (Å²) >= 11 is 1.96. The van der Waals surface area contributed by atoms with Crippen molar-refractivity contribution in [3.8, 4) is 0 Å². The van der Waals surface area contributed by atoms with Crippen LogP contribution in [0.5, 0.6) is 0 Å². The number of aryl methyl sites for hydroxylation is 1. The number of fused-ring (bicyclic) bond motifs is 1. The van der Waals surface area contributed by atoms with Crippen LogP contribution in [-0.4, -0.2) is 10.1 Å². The maximum Gasteiger partial charge on any atom is 0.0994 e. The molecule has 1 N–H and O–H groups in total. The summed E-state index contributed by atoms with van der Waals surface area (Å²) < 4.78 is 0. The van der Waals surface area contributed by atoms with Crippen LogP contribution in [-0.2, 0) is 11.8 Å². The van der Waals surface area contributed by atoms with Gasteiger partial charge in [-0.05, 0) is 75.5 Å². The van der Waals surface area contributed by atoms with E-state index in [1.54, 1.807) is 0 Å². The molecule has 1 unspecified atom stereocenters. The van der Waals surface area contributed by atoms with Gasteiger partial charge in [0.15, 0.2) is 0 Å². The normalized spacial score (nSPS) is 45.6. The third-order valence-electron chi connectivity index (χ3n) is 6.42. The van der Waals surface area contributed by atoms with Crippen LogP contribution in [0.4, 0.5) is 0 Å². The van der Waals surface area contributed by atoms with E-state index in [4.69, 9.17) is 4.98 Å². The van der Waals surface area contributed by atoms with Crippen LogP contribution in [0.1, 0.15) is 73.0 Å². The molecule has 108 valence electrons. The highest BCUT2D eigenvalue weighted by Gasteiger charge is 2.53. The second-order valence-corrected chi connectivity index (χ2v) is 9.02. The highest BCUT2D eigenvalue weighted by atomic mass is 32.1. The summed E-state index contributed by atoms with van der Waals surface area (Å²) in [6, 6.07) is 0. The summed E-state index contributed by atoms with van der Waals surface area (Å²) in [6.07, 6.45) is 11.6. The van der Waals surface area contributed by atoms with Gasteiger partial charge in [-0.25, -0.2) is 4.98 Å².